The number of nitrogens with zero attached hydrogens (tertiary/aromatic N) is 4. The van der Waals surface area contributed by atoms with Gasteiger partial charge >= 0.3 is 5.97 Å². The minimum atomic E-state index is -0.488. The van der Waals surface area contributed by atoms with Gasteiger partial charge in [-0.2, -0.15) is 10.1 Å². The van der Waals surface area contributed by atoms with Crippen molar-refractivity contribution in [2.75, 3.05) is 0 Å². The van der Waals surface area contributed by atoms with Crippen LogP contribution in [0.3, 0.4) is 0 Å². The Bertz CT molecular complexity index is 1020. The summed E-state index contributed by atoms with van der Waals surface area (Å²) in [7, 11) is 0. The SMILES string of the molecule is CCCc1noc(COC(=O)/C=C/c2c(C)nn(Cc3ccccc3Cl)c2C)n1. The number of ether oxygens (including phenoxy) is 1. The van der Waals surface area contributed by atoms with Crippen LogP contribution in [0.4, 0.5) is 0 Å². The Hall–Kier alpha value is -2.93. The van der Waals surface area contributed by atoms with E-state index in [-0.39, 0.29) is 12.5 Å². The first-order chi connectivity index (χ1) is 14.0. The van der Waals surface area contributed by atoms with Crippen LogP contribution >= 0.6 is 11.6 Å². The molecule has 152 valence electrons. The third kappa shape index (κ3) is 5.32. The molecular weight excluding hydrogens is 392 g/mol. The Morgan fingerprint density at radius 2 is 2.10 bits per heavy atom. The summed E-state index contributed by atoms with van der Waals surface area (Å²) in [6.45, 7) is 6.39. The molecule has 0 aliphatic heterocycles. The summed E-state index contributed by atoms with van der Waals surface area (Å²) in [5.74, 6) is 0.416. The molecule has 0 bridgehead atoms. The Labute approximate surface area is 174 Å². The van der Waals surface area contributed by atoms with Crippen LogP contribution in [0.1, 0.15) is 47.6 Å². The van der Waals surface area contributed by atoms with Gasteiger partial charge in [-0.3, -0.25) is 4.68 Å². The second-order valence-electron chi connectivity index (χ2n) is 6.63. The van der Waals surface area contributed by atoms with Gasteiger partial charge in [0.25, 0.3) is 5.89 Å². The zero-order chi connectivity index (χ0) is 20.8. The maximum atomic E-state index is 12.0. The van der Waals surface area contributed by atoms with Crippen LogP contribution in [0.2, 0.25) is 5.02 Å². The van der Waals surface area contributed by atoms with Gasteiger partial charge < -0.3 is 9.26 Å². The van der Waals surface area contributed by atoms with E-state index in [1.807, 2.05) is 49.7 Å². The first-order valence-electron chi connectivity index (χ1n) is 9.41. The number of aryl methyl sites for hydroxylation is 2. The van der Waals surface area contributed by atoms with Gasteiger partial charge in [-0.05, 0) is 38.0 Å². The van der Waals surface area contributed by atoms with Crippen molar-refractivity contribution in [2.45, 2.75) is 46.8 Å². The highest BCUT2D eigenvalue weighted by Crippen LogP contribution is 2.20. The molecule has 7 nitrogen and oxygen atoms in total. The molecule has 2 heterocycles. The summed E-state index contributed by atoms with van der Waals surface area (Å²) in [5.41, 5.74) is 3.61. The number of hydrogen-bond donors (Lipinski definition) is 0. The summed E-state index contributed by atoms with van der Waals surface area (Å²) < 4.78 is 12.1. The third-order valence-electron chi connectivity index (χ3n) is 4.42. The minimum absolute atomic E-state index is 0.0520. The fourth-order valence-corrected chi connectivity index (χ4v) is 3.10. The molecule has 8 heteroatoms. The molecule has 0 amide bonds. The molecule has 0 atom stereocenters. The molecule has 0 radical (unpaired) electrons. The molecule has 2 aromatic heterocycles. The Kier molecular flexibility index (Phi) is 6.82. The molecule has 0 aliphatic carbocycles. The molecule has 0 fully saturated rings. The lowest BCUT2D eigenvalue weighted by Crippen LogP contribution is -2.04. The summed E-state index contributed by atoms with van der Waals surface area (Å²) in [6, 6.07) is 7.66. The number of rotatable bonds is 8. The van der Waals surface area contributed by atoms with E-state index in [0.717, 1.165) is 35.4 Å². The van der Waals surface area contributed by atoms with Crippen molar-refractivity contribution >= 4 is 23.6 Å². The first-order valence-corrected chi connectivity index (χ1v) is 9.79. The highest BCUT2D eigenvalue weighted by Gasteiger charge is 2.12. The van der Waals surface area contributed by atoms with Gasteiger partial charge in [0.05, 0.1) is 12.2 Å². The molecule has 0 aliphatic rings. The number of aromatic nitrogens is 4. The summed E-state index contributed by atoms with van der Waals surface area (Å²) in [6.07, 6.45) is 4.73. The smallest absolute Gasteiger partial charge is 0.331 e. The molecular formula is C21H23ClN4O3. The van der Waals surface area contributed by atoms with Crippen LogP contribution in [0.5, 0.6) is 0 Å². The third-order valence-corrected chi connectivity index (χ3v) is 4.79. The van der Waals surface area contributed by atoms with E-state index in [1.165, 1.54) is 6.08 Å². The Morgan fingerprint density at radius 1 is 1.31 bits per heavy atom. The van der Waals surface area contributed by atoms with E-state index in [0.29, 0.717) is 17.4 Å². The van der Waals surface area contributed by atoms with Crippen molar-refractivity contribution in [2.24, 2.45) is 0 Å². The van der Waals surface area contributed by atoms with Gasteiger partial charge in [0.2, 0.25) is 0 Å². The van der Waals surface area contributed by atoms with Crippen LogP contribution in [0, 0.1) is 13.8 Å². The predicted octanol–water partition coefficient (Wildman–Crippen LogP) is 4.29. The summed E-state index contributed by atoms with van der Waals surface area (Å²) >= 11 is 6.25. The molecule has 0 saturated heterocycles. The second kappa shape index (κ2) is 9.52. The molecule has 3 rings (SSSR count). The quantitative estimate of drug-likeness (QED) is 0.403. The number of carbonyl (C=O) groups is 1. The van der Waals surface area contributed by atoms with Crippen LogP contribution in [0.25, 0.3) is 6.08 Å². The van der Waals surface area contributed by atoms with Gasteiger partial charge in [0.15, 0.2) is 12.4 Å². The van der Waals surface area contributed by atoms with E-state index < -0.39 is 5.97 Å². The second-order valence-corrected chi connectivity index (χ2v) is 7.04. The number of halogens is 1. The summed E-state index contributed by atoms with van der Waals surface area (Å²) in [5, 5.41) is 9.09. The van der Waals surface area contributed by atoms with Gasteiger partial charge in [-0.15, -0.1) is 0 Å². The van der Waals surface area contributed by atoms with Crippen molar-refractivity contribution < 1.29 is 14.1 Å². The predicted molar refractivity (Wildman–Crippen MR) is 109 cm³/mol. The lowest BCUT2D eigenvalue weighted by molar-refractivity contribution is -0.139. The zero-order valence-electron chi connectivity index (χ0n) is 16.7. The Morgan fingerprint density at radius 3 is 2.86 bits per heavy atom. The van der Waals surface area contributed by atoms with Crippen molar-refractivity contribution in [1.29, 1.82) is 0 Å². The average molecular weight is 415 g/mol. The first kappa shape index (κ1) is 20.8. The van der Waals surface area contributed by atoms with Crippen molar-refractivity contribution in [3.05, 3.63) is 69.6 Å². The average Bonchev–Trinajstić information content (AvgIpc) is 3.25. The van der Waals surface area contributed by atoms with Crippen LogP contribution in [-0.2, 0) is 29.1 Å². The molecule has 0 unspecified atom stereocenters. The van der Waals surface area contributed by atoms with Crippen LogP contribution in [0.15, 0.2) is 34.9 Å². The van der Waals surface area contributed by atoms with Crippen molar-refractivity contribution in [3.63, 3.8) is 0 Å². The fraction of sp³-hybridized carbons (Fsp3) is 0.333. The van der Waals surface area contributed by atoms with Crippen molar-refractivity contribution in [3.8, 4) is 0 Å². The van der Waals surface area contributed by atoms with Gasteiger partial charge in [0.1, 0.15) is 0 Å². The normalized spacial score (nSPS) is 11.3. The lowest BCUT2D eigenvalue weighted by atomic mass is 10.1. The molecule has 3 aromatic rings. The molecule has 0 spiro atoms. The van der Waals surface area contributed by atoms with Crippen LogP contribution in [-0.4, -0.2) is 25.9 Å². The maximum Gasteiger partial charge on any atom is 0.331 e. The number of carbonyl (C=O) groups excluding carboxylic acids is 1. The van der Waals surface area contributed by atoms with E-state index in [2.05, 4.69) is 15.2 Å². The number of hydrogen-bond acceptors (Lipinski definition) is 6. The maximum absolute atomic E-state index is 12.0. The lowest BCUT2D eigenvalue weighted by Gasteiger charge is -2.06. The highest BCUT2D eigenvalue weighted by atomic mass is 35.5. The molecule has 1 aromatic carbocycles. The van der Waals surface area contributed by atoms with Crippen LogP contribution < -0.4 is 0 Å². The summed E-state index contributed by atoms with van der Waals surface area (Å²) in [4.78, 5) is 16.2. The van der Waals surface area contributed by atoms with E-state index in [4.69, 9.17) is 20.9 Å². The molecule has 0 N–H and O–H groups in total. The largest absolute Gasteiger partial charge is 0.452 e. The monoisotopic (exact) mass is 414 g/mol. The van der Waals surface area contributed by atoms with E-state index in [1.54, 1.807) is 6.08 Å². The Balaban J connectivity index is 1.63. The molecule has 29 heavy (non-hydrogen) atoms. The topological polar surface area (TPSA) is 83.0 Å². The number of benzene rings is 1. The standard InChI is InChI=1S/C21H23ClN4O3/c1-4-7-19-23-20(29-25-19)13-28-21(27)11-10-17-14(2)24-26(15(17)3)12-16-8-5-6-9-18(16)22/h5-6,8-11H,4,7,12-13H2,1-3H3/b11-10+. The van der Waals surface area contributed by atoms with Gasteiger partial charge in [-0.1, -0.05) is 41.9 Å². The highest BCUT2D eigenvalue weighted by molar-refractivity contribution is 6.31. The fourth-order valence-electron chi connectivity index (χ4n) is 2.90. The van der Waals surface area contributed by atoms with E-state index >= 15 is 0 Å². The van der Waals surface area contributed by atoms with Gasteiger partial charge in [0, 0.05) is 28.8 Å². The van der Waals surface area contributed by atoms with E-state index in [9.17, 15) is 4.79 Å². The zero-order valence-corrected chi connectivity index (χ0v) is 17.4. The number of esters is 1. The molecule has 0 saturated carbocycles. The van der Waals surface area contributed by atoms with Crippen molar-refractivity contribution in [1.82, 2.24) is 19.9 Å². The van der Waals surface area contributed by atoms with Gasteiger partial charge in [-0.25, -0.2) is 4.79 Å². The minimum Gasteiger partial charge on any atom is -0.452 e.